The first-order chi connectivity index (χ1) is 15.1. The topological polar surface area (TPSA) is 64.4 Å². The van der Waals surface area contributed by atoms with Crippen molar-refractivity contribution in [1.82, 2.24) is 14.9 Å². The molecule has 1 heterocycles. The van der Waals surface area contributed by atoms with Gasteiger partial charge in [0.25, 0.3) is 0 Å². The number of ether oxygens (including phenoxy) is 2. The summed E-state index contributed by atoms with van der Waals surface area (Å²) in [6.45, 7) is 13.5. The van der Waals surface area contributed by atoms with Crippen LogP contribution in [0.15, 0.2) is 35.4 Å². The molecule has 0 radical (unpaired) electrons. The van der Waals surface area contributed by atoms with Crippen LogP contribution in [0.25, 0.3) is 0 Å². The predicted molar refractivity (Wildman–Crippen MR) is 132 cm³/mol. The minimum Gasteiger partial charge on any atom is -0.493 e. The average Bonchev–Trinajstić information content (AvgIpc) is 3.10. The van der Waals surface area contributed by atoms with E-state index in [1.165, 1.54) is 22.3 Å². The molecule has 3 aromatic rings. The third-order valence-electron chi connectivity index (χ3n) is 5.48. The molecule has 1 aromatic heterocycles. The number of aromatic amines is 1. The second-order valence-electron chi connectivity index (χ2n) is 8.89. The molecule has 0 saturated heterocycles. The fourth-order valence-corrected chi connectivity index (χ4v) is 3.68. The van der Waals surface area contributed by atoms with E-state index < -0.39 is 0 Å². The Kier molecular flexibility index (Phi) is 7.19. The van der Waals surface area contributed by atoms with Crippen LogP contribution in [0.2, 0.25) is 0 Å². The van der Waals surface area contributed by atoms with Crippen molar-refractivity contribution in [2.75, 3.05) is 7.11 Å². The van der Waals surface area contributed by atoms with Crippen molar-refractivity contribution in [3.05, 3.63) is 68.7 Å². The number of hydrogen-bond acceptors (Lipinski definition) is 5. The van der Waals surface area contributed by atoms with Crippen molar-refractivity contribution in [3.8, 4) is 11.5 Å². The van der Waals surface area contributed by atoms with Gasteiger partial charge in [-0.3, -0.25) is 5.10 Å². The van der Waals surface area contributed by atoms with Gasteiger partial charge in [-0.15, -0.1) is 0 Å². The first-order valence-electron chi connectivity index (χ1n) is 10.8. The maximum absolute atomic E-state index is 6.16. The lowest BCUT2D eigenvalue weighted by atomic mass is 9.84. The lowest BCUT2D eigenvalue weighted by Gasteiger charge is -2.22. The molecule has 0 bridgehead atoms. The Bertz CT molecular complexity index is 1160. The normalized spacial score (nSPS) is 11.8. The Hall–Kier alpha value is -2.93. The van der Waals surface area contributed by atoms with Gasteiger partial charge in [0, 0.05) is 6.42 Å². The number of methoxy groups -OCH3 is 1. The molecule has 6 nitrogen and oxygen atoms in total. The van der Waals surface area contributed by atoms with Gasteiger partial charge in [0.15, 0.2) is 17.3 Å². The standard InChI is InChI=1S/C25H32N4O2S/c1-8-23-27-28-24(32)29(23)26-14-18-9-10-21(22(13-18)30-7)31-15-20-16(2)11-19(12-17(20)3)25(4,5)6/h9-14H,8,15H2,1-7H3,(H,28,32). The van der Waals surface area contributed by atoms with E-state index >= 15 is 0 Å². The smallest absolute Gasteiger partial charge is 0.216 e. The molecule has 32 heavy (non-hydrogen) atoms. The zero-order chi connectivity index (χ0) is 23.5. The molecule has 0 spiro atoms. The summed E-state index contributed by atoms with van der Waals surface area (Å²) in [5, 5.41) is 11.4. The molecule has 0 aliphatic carbocycles. The third-order valence-corrected chi connectivity index (χ3v) is 5.74. The number of benzene rings is 2. The van der Waals surface area contributed by atoms with E-state index in [9.17, 15) is 0 Å². The van der Waals surface area contributed by atoms with Gasteiger partial charge < -0.3 is 9.47 Å². The molecule has 7 heteroatoms. The van der Waals surface area contributed by atoms with E-state index in [1.807, 2.05) is 25.1 Å². The Labute approximate surface area is 195 Å². The van der Waals surface area contributed by atoms with Gasteiger partial charge in [0.1, 0.15) is 6.61 Å². The van der Waals surface area contributed by atoms with Crippen LogP contribution in [-0.4, -0.2) is 28.2 Å². The Morgan fingerprint density at radius 1 is 1.12 bits per heavy atom. The maximum atomic E-state index is 6.16. The summed E-state index contributed by atoms with van der Waals surface area (Å²) in [4.78, 5) is 0. The highest BCUT2D eigenvalue weighted by Crippen LogP contribution is 2.31. The zero-order valence-electron chi connectivity index (χ0n) is 19.9. The van der Waals surface area contributed by atoms with E-state index in [1.54, 1.807) is 18.0 Å². The molecule has 0 atom stereocenters. The monoisotopic (exact) mass is 452 g/mol. The van der Waals surface area contributed by atoms with Gasteiger partial charge in [-0.1, -0.05) is 39.8 Å². The summed E-state index contributed by atoms with van der Waals surface area (Å²) in [5.74, 6) is 2.13. The van der Waals surface area contributed by atoms with Gasteiger partial charge in [0.05, 0.1) is 13.3 Å². The van der Waals surface area contributed by atoms with Gasteiger partial charge in [-0.05, 0) is 77.5 Å². The minimum atomic E-state index is 0.119. The van der Waals surface area contributed by atoms with Crippen LogP contribution in [0.4, 0.5) is 0 Å². The van der Waals surface area contributed by atoms with Crippen molar-refractivity contribution in [1.29, 1.82) is 0 Å². The van der Waals surface area contributed by atoms with Crippen LogP contribution < -0.4 is 9.47 Å². The van der Waals surface area contributed by atoms with Crippen molar-refractivity contribution in [3.63, 3.8) is 0 Å². The van der Waals surface area contributed by atoms with Crippen LogP contribution >= 0.6 is 12.2 Å². The van der Waals surface area contributed by atoms with Crippen LogP contribution in [0.1, 0.15) is 61.3 Å². The SMILES string of the molecule is CCc1n[nH]c(=S)n1N=Cc1ccc(OCc2c(C)cc(C(C)(C)C)cc2C)c(OC)c1. The van der Waals surface area contributed by atoms with Gasteiger partial charge in [0.2, 0.25) is 4.77 Å². The Balaban J connectivity index is 1.80. The van der Waals surface area contributed by atoms with Crippen LogP contribution in [0, 0.1) is 18.6 Å². The molecule has 0 aliphatic rings. The molecule has 0 aliphatic heterocycles. The fraction of sp³-hybridized carbons (Fsp3) is 0.400. The predicted octanol–water partition coefficient (Wildman–Crippen LogP) is 5.89. The van der Waals surface area contributed by atoms with Crippen molar-refractivity contribution >= 4 is 18.4 Å². The maximum Gasteiger partial charge on any atom is 0.216 e. The summed E-state index contributed by atoms with van der Waals surface area (Å²) >= 11 is 5.24. The van der Waals surface area contributed by atoms with Crippen LogP contribution in [0.3, 0.4) is 0 Å². The first kappa shape index (κ1) is 23.7. The second kappa shape index (κ2) is 9.69. The summed E-state index contributed by atoms with van der Waals surface area (Å²) in [5.41, 5.74) is 6.01. The van der Waals surface area contributed by atoms with E-state index in [4.69, 9.17) is 21.7 Å². The van der Waals surface area contributed by atoms with E-state index in [2.05, 4.69) is 62.1 Å². The van der Waals surface area contributed by atoms with Gasteiger partial charge >= 0.3 is 0 Å². The van der Waals surface area contributed by atoms with Crippen LogP contribution in [0.5, 0.6) is 11.5 Å². The lowest BCUT2D eigenvalue weighted by Crippen LogP contribution is -2.13. The summed E-state index contributed by atoms with van der Waals surface area (Å²) in [6, 6.07) is 10.3. The van der Waals surface area contributed by atoms with Crippen molar-refractivity contribution in [2.24, 2.45) is 5.10 Å². The molecule has 170 valence electrons. The van der Waals surface area contributed by atoms with Gasteiger partial charge in [-0.25, -0.2) is 0 Å². The zero-order valence-corrected chi connectivity index (χ0v) is 20.8. The summed E-state index contributed by atoms with van der Waals surface area (Å²) in [7, 11) is 1.64. The lowest BCUT2D eigenvalue weighted by molar-refractivity contribution is 0.283. The fourth-order valence-electron chi connectivity index (χ4n) is 3.48. The summed E-state index contributed by atoms with van der Waals surface area (Å²) in [6.07, 6.45) is 2.46. The minimum absolute atomic E-state index is 0.119. The molecule has 1 N–H and O–H groups in total. The highest BCUT2D eigenvalue weighted by molar-refractivity contribution is 7.71. The molecular weight excluding hydrogens is 420 g/mol. The number of H-pyrrole nitrogens is 1. The highest BCUT2D eigenvalue weighted by atomic mass is 32.1. The van der Waals surface area contributed by atoms with Gasteiger partial charge in [-0.2, -0.15) is 14.9 Å². The number of nitrogens with zero attached hydrogens (tertiary/aromatic N) is 3. The quantitative estimate of drug-likeness (QED) is 0.359. The molecular formula is C25H32N4O2S. The van der Waals surface area contributed by atoms with Crippen LogP contribution in [-0.2, 0) is 18.4 Å². The van der Waals surface area contributed by atoms with Crippen molar-refractivity contribution in [2.45, 2.75) is 60.0 Å². The number of aromatic nitrogens is 3. The molecule has 2 aromatic carbocycles. The summed E-state index contributed by atoms with van der Waals surface area (Å²) < 4.78 is 13.8. The number of nitrogens with one attached hydrogen (secondary N) is 1. The van der Waals surface area contributed by atoms with E-state index in [0.717, 1.165) is 17.8 Å². The number of hydrogen-bond donors (Lipinski definition) is 1. The molecule has 0 amide bonds. The first-order valence-corrected chi connectivity index (χ1v) is 11.2. The number of aryl methyl sites for hydroxylation is 3. The third kappa shape index (κ3) is 5.27. The van der Waals surface area contributed by atoms with E-state index in [-0.39, 0.29) is 5.41 Å². The average molecular weight is 453 g/mol. The Morgan fingerprint density at radius 2 is 1.81 bits per heavy atom. The largest absolute Gasteiger partial charge is 0.493 e. The number of rotatable bonds is 7. The van der Waals surface area contributed by atoms with E-state index in [0.29, 0.717) is 22.9 Å². The molecule has 0 unspecified atom stereocenters. The molecule has 3 rings (SSSR count). The second-order valence-corrected chi connectivity index (χ2v) is 9.28. The van der Waals surface area contributed by atoms with Crippen molar-refractivity contribution < 1.29 is 9.47 Å². The molecule has 0 fully saturated rings. The highest BCUT2D eigenvalue weighted by Gasteiger charge is 2.17. The molecule has 0 saturated carbocycles. The Morgan fingerprint density at radius 3 is 2.41 bits per heavy atom.